The summed E-state index contributed by atoms with van der Waals surface area (Å²) in [6.45, 7) is 0. The van der Waals surface area contributed by atoms with E-state index in [4.69, 9.17) is 0 Å². The highest BCUT2D eigenvalue weighted by atomic mass is 14.5. The second-order valence-electron chi connectivity index (χ2n) is 8.14. The molecule has 8 bridgehead atoms. The van der Waals surface area contributed by atoms with Crippen molar-refractivity contribution in [3.05, 3.63) is 22.3 Å². The van der Waals surface area contributed by atoms with Gasteiger partial charge in [-0.2, -0.15) is 0 Å². The molecule has 0 atom stereocenters. The second-order valence-corrected chi connectivity index (χ2v) is 8.14. The molecule has 3 saturated carbocycles. The zero-order valence-electron chi connectivity index (χ0n) is 12.8. The van der Waals surface area contributed by atoms with Gasteiger partial charge in [0.25, 0.3) is 0 Å². The fourth-order valence-electron chi connectivity index (χ4n) is 6.77. The van der Waals surface area contributed by atoms with E-state index in [-0.39, 0.29) is 0 Å². The molecule has 0 radical (unpaired) electrons. The van der Waals surface area contributed by atoms with Crippen molar-refractivity contribution in [2.45, 2.75) is 77.0 Å². The lowest BCUT2D eigenvalue weighted by Gasteiger charge is -2.55. The van der Waals surface area contributed by atoms with E-state index in [2.05, 4.69) is 0 Å². The lowest BCUT2D eigenvalue weighted by atomic mass is 9.50. The van der Waals surface area contributed by atoms with Crippen LogP contribution < -0.4 is 0 Å². The highest BCUT2D eigenvalue weighted by Gasteiger charge is 2.49. The van der Waals surface area contributed by atoms with E-state index < -0.39 is 0 Å². The maximum atomic E-state index is 1.87. The molecular weight excluding hydrogens is 240 g/mol. The van der Waals surface area contributed by atoms with Crippen molar-refractivity contribution < 1.29 is 0 Å². The Morgan fingerprint density at radius 2 is 0.650 bits per heavy atom. The third kappa shape index (κ3) is 1.54. The van der Waals surface area contributed by atoms with E-state index in [9.17, 15) is 0 Å². The van der Waals surface area contributed by atoms with Crippen LogP contribution in [0.3, 0.4) is 0 Å². The number of fused-ring (bicyclic) bond motifs is 8. The van der Waals surface area contributed by atoms with Crippen LogP contribution in [0.4, 0.5) is 0 Å². The highest BCUT2D eigenvalue weighted by molar-refractivity contribution is 5.60. The monoisotopic (exact) mass is 268 g/mol. The molecule has 0 aromatic heterocycles. The zero-order valence-corrected chi connectivity index (χ0v) is 12.8. The lowest BCUT2D eigenvalue weighted by molar-refractivity contribution is -0.0491. The van der Waals surface area contributed by atoms with E-state index in [1.807, 2.05) is 22.3 Å². The van der Waals surface area contributed by atoms with E-state index >= 15 is 0 Å². The van der Waals surface area contributed by atoms with Gasteiger partial charge in [0, 0.05) is 0 Å². The van der Waals surface area contributed by atoms with Crippen molar-refractivity contribution in [2.75, 3.05) is 0 Å². The standard InChI is InChI=1S/C20H28/c1-5-13-15-7-2-8-16-14(6-1)18-10-3-9-17(13)19(15)11-4-12-20(16)18/h13,15,17,19H,1-12H2. The Morgan fingerprint density at radius 3 is 0.900 bits per heavy atom. The van der Waals surface area contributed by atoms with E-state index in [0.29, 0.717) is 0 Å². The molecule has 0 saturated heterocycles. The van der Waals surface area contributed by atoms with Gasteiger partial charge in [0.15, 0.2) is 0 Å². The number of hydrogen-bond acceptors (Lipinski definition) is 0. The minimum Gasteiger partial charge on any atom is -0.0496 e. The van der Waals surface area contributed by atoms with Crippen molar-refractivity contribution in [2.24, 2.45) is 23.7 Å². The van der Waals surface area contributed by atoms with Gasteiger partial charge >= 0.3 is 0 Å². The molecule has 0 aliphatic heterocycles. The van der Waals surface area contributed by atoms with Gasteiger partial charge in [-0.05, 0) is 123 Å². The summed E-state index contributed by atoms with van der Waals surface area (Å²) in [6.07, 6.45) is 18.0. The van der Waals surface area contributed by atoms with E-state index in [1.165, 1.54) is 51.4 Å². The average molecular weight is 268 g/mol. The predicted molar refractivity (Wildman–Crippen MR) is 83.4 cm³/mol. The summed E-state index contributed by atoms with van der Waals surface area (Å²) in [6, 6.07) is 0. The van der Waals surface area contributed by atoms with Gasteiger partial charge in [0.1, 0.15) is 0 Å². The van der Waals surface area contributed by atoms with E-state index in [0.717, 1.165) is 23.7 Å². The SMILES string of the molecule is C1CC2=C3CCCC4C(C1)C1CCCC2=C3CCCC41. The average Bonchev–Trinajstić information content (AvgIpc) is 2.42. The Kier molecular flexibility index (Phi) is 2.71. The van der Waals surface area contributed by atoms with Crippen LogP contribution in [0.5, 0.6) is 0 Å². The zero-order chi connectivity index (χ0) is 13.1. The summed E-state index contributed by atoms with van der Waals surface area (Å²) >= 11 is 0. The van der Waals surface area contributed by atoms with Crippen LogP contribution in [0.15, 0.2) is 22.3 Å². The van der Waals surface area contributed by atoms with Gasteiger partial charge < -0.3 is 0 Å². The van der Waals surface area contributed by atoms with Crippen LogP contribution >= 0.6 is 0 Å². The first-order valence-electron chi connectivity index (χ1n) is 9.38. The topological polar surface area (TPSA) is 0 Å². The maximum Gasteiger partial charge on any atom is -0.0273 e. The minimum atomic E-state index is 1.13. The summed E-state index contributed by atoms with van der Waals surface area (Å²) < 4.78 is 0. The molecule has 6 rings (SSSR count). The first kappa shape index (κ1) is 12.1. The Balaban J connectivity index is 1.60. The largest absolute Gasteiger partial charge is 0.0496 e. The molecule has 0 spiro atoms. The first-order valence-corrected chi connectivity index (χ1v) is 9.38. The summed E-state index contributed by atoms with van der Waals surface area (Å²) in [7, 11) is 0. The molecule has 0 nitrogen and oxygen atoms in total. The molecule has 3 fully saturated rings. The predicted octanol–water partition coefficient (Wildman–Crippen LogP) is 5.79. The number of allylic oxidation sites excluding steroid dienone is 4. The molecule has 0 heterocycles. The van der Waals surface area contributed by atoms with Crippen LogP contribution in [-0.2, 0) is 0 Å². The molecule has 6 aliphatic rings. The summed E-state index contributed by atoms with van der Waals surface area (Å²) in [4.78, 5) is 0. The van der Waals surface area contributed by atoms with Crippen LogP contribution in [0.25, 0.3) is 0 Å². The van der Waals surface area contributed by atoms with Crippen LogP contribution in [-0.4, -0.2) is 0 Å². The molecular formula is C20H28. The fraction of sp³-hybridized carbons (Fsp3) is 0.800. The molecule has 0 aromatic rings. The van der Waals surface area contributed by atoms with Crippen LogP contribution in [0, 0.1) is 23.7 Å². The Labute approximate surface area is 123 Å². The van der Waals surface area contributed by atoms with E-state index in [1.54, 1.807) is 25.7 Å². The Bertz CT molecular complexity index is 383. The summed E-state index contributed by atoms with van der Waals surface area (Å²) in [5.74, 6) is 4.52. The van der Waals surface area contributed by atoms with Crippen molar-refractivity contribution in [3.63, 3.8) is 0 Å². The third-order valence-corrected chi connectivity index (χ3v) is 7.51. The van der Waals surface area contributed by atoms with Gasteiger partial charge in [-0.25, -0.2) is 0 Å². The van der Waals surface area contributed by atoms with Crippen LogP contribution in [0.1, 0.15) is 77.0 Å². The maximum absolute atomic E-state index is 1.87. The molecule has 108 valence electrons. The molecule has 6 aliphatic carbocycles. The molecule has 0 N–H and O–H groups in total. The Morgan fingerprint density at radius 1 is 0.400 bits per heavy atom. The normalized spacial score (nSPS) is 43.2. The van der Waals surface area contributed by atoms with Crippen molar-refractivity contribution in [3.8, 4) is 0 Å². The molecule has 0 amide bonds. The van der Waals surface area contributed by atoms with Gasteiger partial charge in [0.05, 0.1) is 0 Å². The van der Waals surface area contributed by atoms with Crippen molar-refractivity contribution >= 4 is 0 Å². The molecule has 20 heavy (non-hydrogen) atoms. The number of rotatable bonds is 0. The summed E-state index contributed by atoms with van der Waals surface area (Å²) in [5.41, 5.74) is 7.48. The van der Waals surface area contributed by atoms with Crippen molar-refractivity contribution in [1.82, 2.24) is 0 Å². The quantitative estimate of drug-likeness (QED) is 0.521. The lowest BCUT2D eigenvalue weighted by Crippen LogP contribution is -2.47. The molecule has 0 aromatic carbocycles. The van der Waals surface area contributed by atoms with Gasteiger partial charge in [-0.15, -0.1) is 0 Å². The highest BCUT2D eigenvalue weighted by Crippen LogP contribution is 2.59. The smallest absolute Gasteiger partial charge is 0.0273 e. The number of hydrogen-bond donors (Lipinski definition) is 0. The Hall–Kier alpha value is -0.520. The van der Waals surface area contributed by atoms with Gasteiger partial charge in [-0.3, -0.25) is 0 Å². The van der Waals surface area contributed by atoms with Crippen LogP contribution in [0.2, 0.25) is 0 Å². The van der Waals surface area contributed by atoms with Crippen molar-refractivity contribution in [1.29, 1.82) is 0 Å². The third-order valence-electron chi connectivity index (χ3n) is 7.51. The molecule has 0 unspecified atom stereocenters. The minimum absolute atomic E-state index is 1.13. The van der Waals surface area contributed by atoms with Gasteiger partial charge in [0.2, 0.25) is 0 Å². The van der Waals surface area contributed by atoms with Gasteiger partial charge in [-0.1, -0.05) is 0 Å². The first-order chi connectivity index (χ1) is 9.93. The summed E-state index contributed by atoms with van der Waals surface area (Å²) in [5, 5.41) is 0. The molecule has 0 heteroatoms. The fourth-order valence-corrected chi connectivity index (χ4v) is 6.77. The second kappa shape index (κ2) is 4.49.